The molecule has 0 spiro atoms. The summed E-state index contributed by atoms with van der Waals surface area (Å²) < 4.78 is 0. The van der Waals surface area contributed by atoms with Crippen molar-refractivity contribution < 1.29 is 0 Å². The third-order valence-electron chi connectivity index (χ3n) is 5.02. The minimum Gasteiger partial charge on any atom is -0.405 e. The number of hydrogen-bond donors (Lipinski definition) is 1. The smallest absolute Gasteiger partial charge is 0.00190 e. The lowest BCUT2D eigenvalue weighted by Gasteiger charge is -2.28. The van der Waals surface area contributed by atoms with Gasteiger partial charge in [0.25, 0.3) is 0 Å². The van der Waals surface area contributed by atoms with Crippen LogP contribution in [0.1, 0.15) is 49.8 Å². The van der Waals surface area contributed by atoms with E-state index in [1.165, 1.54) is 55.2 Å². The maximum atomic E-state index is 4.61. The molecule has 0 saturated carbocycles. The molecule has 2 N–H and O–H groups in total. The van der Waals surface area contributed by atoms with Gasteiger partial charge in [0.05, 0.1) is 0 Å². The fourth-order valence-electron chi connectivity index (χ4n) is 3.04. The first-order chi connectivity index (χ1) is 14.5. The summed E-state index contributed by atoms with van der Waals surface area (Å²) in [6.45, 7) is 15.5. The Bertz CT molecular complexity index is 638. The number of allylic oxidation sites excluding steroid dienone is 1. The van der Waals surface area contributed by atoms with Gasteiger partial charge in [0.15, 0.2) is 0 Å². The van der Waals surface area contributed by atoms with Crippen molar-refractivity contribution in [3.8, 4) is 0 Å². The van der Waals surface area contributed by atoms with Crippen LogP contribution < -0.4 is 5.73 Å². The first kappa shape index (κ1) is 27.7. The SMILES string of the molecule is C=CCC.C=CN.CCc1ccc(C)cc1.CN1CCC(Cc2ccccc2)CC1. The van der Waals surface area contributed by atoms with E-state index >= 15 is 0 Å². The molecule has 1 heterocycles. The van der Waals surface area contributed by atoms with Crippen LogP contribution in [0, 0.1) is 12.8 Å². The molecule has 0 unspecified atom stereocenters. The van der Waals surface area contributed by atoms with Gasteiger partial charge < -0.3 is 10.6 Å². The van der Waals surface area contributed by atoms with Crippen LogP contribution in [-0.4, -0.2) is 25.0 Å². The first-order valence-electron chi connectivity index (χ1n) is 11.2. The standard InChI is InChI=1S/C13H19N.C9H12.C4H8.C2H5N/c1-14-9-7-13(8-10-14)11-12-5-3-2-4-6-12;1-3-9-6-4-8(2)5-7-9;1-3-4-2;1-2-3/h2-6,13H,7-11H2,1H3;4-7H,3H2,1-2H3;3H,1,4H2,2H3;2H,1,3H2. The number of nitrogens with two attached hydrogens (primary N) is 1. The van der Waals surface area contributed by atoms with E-state index in [4.69, 9.17) is 0 Å². The number of aryl methyl sites for hydroxylation is 2. The van der Waals surface area contributed by atoms with Crippen LogP contribution in [0.4, 0.5) is 0 Å². The zero-order valence-corrected chi connectivity index (χ0v) is 19.8. The van der Waals surface area contributed by atoms with Crippen LogP contribution in [0.2, 0.25) is 0 Å². The molecule has 0 radical (unpaired) electrons. The monoisotopic (exact) mass is 408 g/mol. The van der Waals surface area contributed by atoms with Crippen molar-refractivity contribution in [2.24, 2.45) is 11.7 Å². The highest BCUT2D eigenvalue weighted by Crippen LogP contribution is 2.20. The molecule has 0 aromatic heterocycles. The predicted octanol–water partition coefficient (Wildman–Crippen LogP) is 6.80. The molecule has 0 atom stereocenters. The van der Waals surface area contributed by atoms with Crippen LogP contribution in [0.3, 0.4) is 0 Å². The minimum atomic E-state index is 0.911. The summed E-state index contributed by atoms with van der Waals surface area (Å²) >= 11 is 0. The van der Waals surface area contributed by atoms with Gasteiger partial charge in [0, 0.05) is 0 Å². The number of likely N-dealkylation sites (tertiary alicyclic amines) is 1. The third-order valence-corrected chi connectivity index (χ3v) is 5.02. The van der Waals surface area contributed by atoms with Crippen molar-refractivity contribution in [2.45, 2.75) is 52.9 Å². The molecule has 166 valence electrons. The topological polar surface area (TPSA) is 29.3 Å². The number of piperidine rings is 1. The Labute approximate surface area is 186 Å². The van der Waals surface area contributed by atoms with Crippen LogP contribution in [0.25, 0.3) is 0 Å². The summed E-state index contributed by atoms with van der Waals surface area (Å²) in [5.41, 5.74) is 8.87. The van der Waals surface area contributed by atoms with E-state index in [0.717, 1.165) is 18.8 Å². The molecule has 2 heteroatoms. The summed E-state index contributed by atoms with van der Waals surface area (Å²) in [6, 6.07) is 19.5. The molecule has 2 aromatic carbocycles. The number of hydrogen-bond acceptors (Lipinski definition) is 2. The maximum absolute atomic E-state index is 4.61. The minimum absolute atomic E-state index is 0.911. The normalized spacial score (nSPS) is 13.3. The number of benzene rings is 2. The van der Waals surface area contributed by atoms with Crippen molar-refractivity contribution in [2.75, 3.05) is 20.1 Å². The van der Waals surface area contributed by atoms with Gasteiger partial charge in [0.2, 0.25) is 0 Å². The molecule has 2 aromatic rings. The summed E-state index contributed by atoms with van der Waals surface area (Å²) in [4.78, 5) is 2.43. The van der Waals surface area contributed by atoms with Gasteiger partial charge in [-0.2, -0.15) is 0 Å². The quantitative estimate of drug-likeness (QED) is 0.564. The Morgan fingerprint density at radius 1 is 0.933 bits per heavy atom. The summed E-state index contributed by atoms with van der Waals surface area (Å²) in [6.07, 6.45) is 9.35. The van der Waals surface area contributed by atoms with Gasteiger partial charge >= 0.3 is 0 Å². The maximum Gasteiger partial charge on any atom is -0.00190 e. The highest BCUT2D eigenvalue weighted by molar-refractivity contribution is 5.20. The van der Waals surface area contributed by atoms with Gasteiger partial charge in [-0.15, -0.1) is 6.58 Å². The molecule has 1 aliphatic heterocycles. The molecule has 2 nitrogen and oxygen atoms in total. The van der Waals surface area contributed by atoms with Crippen LogP contribution in [-0.2, 0) is 12.8 Å². The summed E-state index contributed by atoms with van der Waals surface area (Å²) in [5.74, 6) is 0.911. The van der Waals surface area contributed by atoms with Crippen molar-refractivity contribution in [1.29, 1.82) is 0 Å². The Morgan fingerprint density at radius 2 is 1.43 bits per heavy atom. The lowest BCUT2D eigenvalue weighted by atomic mass is 9.90. The average Bonchev–Trinajstić information content (AvgIpc) is 2.78. The molecule has 1 saturated heterocycles. The summed E-state index contributed by atoms with van der Waals surface area (Å²) in [7, 11) is 2.22. The summed E-state index contributed by atoms with van der Waals surface area (Å²) in [5, 5.41) is 0. The average molecular weight is 409 g/mol. The predicted molar refractivity (Wildman–Crippen MR) is 136 cm³/mol. The van der Waals surface area contributed by atoms with Gasteiger partial charge in [-0.3, -0.25) is 0 Å². The van der Waals surface area contributed by atoms with E-state index in [9.17, 15) is 0 Å². The van der Waals surface area contributed by atoms with E-state index in [-0.39, 0.29) is 0 Å². The second-order valence-electron chi connectivity index (χ2n) is 7.71. The number of nitrogens with zero attached hydrogens (tertiary/aromatic N) is 1. The fourth-order valence-corrected chi connectivity index (χ4v) is 3.04. The third kappa shape index (κ3) is 14.6. The zero-order chi connectivity index (χ0) is 22.6. The Kier molecular flexibility index (Phi) is 17.2. The second kappa shape index (κ2) is 18.7. The number of rotatable bonds is 4. The molecular formula is C28H44N2. The molecule has 30 heavy (non-hydrogen) atoms. The molecule has 0 amide bonds. The van der Waals surface area contributed by atoms with E-state index in [2.05, 4.69) is 106 Å². The van der Waals surface area contributed by atoms with Crippen LogP contribution in [0.5, 0.6) is 0 Å². The Hall–Kier alpha value is -2.32. The van der Waals surface area contributed by atoms with Crippen molar-refractivity contribution >= 4 is 0 Å². The van der Waals surface area contributed by atoms with E-state index < -0.39 is 0 Å². The van der Waals surface area contributed by atoms with Gasteiger partial charge in [0.1, 0.15) is 0 Å². The second-order valence-corrected chi connectivity index (χ2v) is 7.71. The molecule has 3 rings (SSSR count). The van der Waals surface area contributed by atoms with Crippen molar-refractivity contribution in [3.63, 3.8) is 0 Å². The first-order valence-corrected chi connectivity index (χ1v) is 11.2. The van der Waals surface area contributed by atoms with E-state index in [0.29, 0.717) is 0 Å². The fraction of sp³-hybridized carbons (Fsp3) is 0.429. The van der Waals surface area contributed by atoms with E-state index in [1.54, 1.807) is 0 Å². The molecule has 0 aliphatic carbocycles. The molecule has 0 bridgehead atoms. The van der Waals surface area contributed by atoms with Gasteiger partial charge in [-0.05, 0) is 82.4 Å². The van der Waals surface area contributed by atoms with Crippen LogP contribution in [0.15, 0.2) is 80.0 Å². The Morgan fingerprint density at radius 3 is 1.87 bits per heavy atom. The highest BCUT2D eigenvalue weighted by Gasteiger charge is 2.16. The van der Waals surface area contributed by atoms with E-state index in [1.807, 2.05) is 6.08 Å². The van der Waals surface area contributed by atoms with Crippen molar-refractivity contribution in [3.05, 3.63) is 96.7 Å². The molecule has 1 aliphatic rings. The highest BCUT2D eigenvalue weighted by atomic mass is 15.1. The van der Waals surface area contributed by atoms with Gasteiger partial charge in [-0.25, -0.2) is 0 Å². The zero-order valence-electron chi connectivity index (χ0n) is 19.8. The Balaban J connectivity index is 0.000000451. The van der Waals surface area contributed by atoms with Crippen molar-refractivity contribution in [1.82, 2.24) is 4.90 Å². The van der Waals surface area contributed by atoms with Crippen LogP contribution >= 0.6 is 0 Å². The lowest BCUT2D eigenvalue weighted by Crippen LogP contribution is -2.30. The molecular weight excluding hydrogens is 364 g/mol. The molecule has 1 fully saturated rings. The van der Waals surface area contributed by atoms with Gasteiger partial charge in [-0.1, -0.05) is 86.7 Å². The lowest BCUT2D eigenvalue weighted by molar-refractivity contribution is 0.219. The largest absolute Gasteiger partial charge is 0.405 e.